The number of methoxy groups -OCH3 is 1. The molecule has 4 rings (SSSR count). The summed E-state index contributed by atoms with van der Waals surface area (Å²) in [5, 5.41) is 14.0. The third kappa shape index (κ3) is 4.61. The van der Waals surface area contributed by atoms with Gasteiger partial charge in [-0.1, -0.05) is 0 Å². The molecule has 3 aromatic rings. The van der Waals surface area contributed by atoms with Crippen LogP contribution < -0.4 is 10.5 Å². The third-order valence-corrected chi connectivity index (χ3v) is 6.45. The van der Waals surface area contributed by atoms with Crippen molar-refractivity contribution in [1.82, 2.24) is 24.6 Å². The molecule has 2 aromatic heterocycles. The molecule has 0 aliphatic carbocycles. The Balaban J connectivity index is 1.78. The van der Waals surface area contributed by atoms with Crippen LogP contribution in [0, 0.1) is 18.3 Å². The van der Waals surface area contributed by atoms with Crippen molar-refractivity contribution < 1.29 is 23.0 Å². The fourth-order valence-electron chi connectivity index (χ4n) is 4.66. The summed E-state index contributed by atoms with van der Waals surface area (Å²) in [6.45, 7) is 9.76. The van der Waals surface area contributed by atoms with Gasteiger partial charge in [-0.15, -0.1) is 0 Å². The fourth-order valence-corrected chi connectivity index (χ4v) is 4.66. The topological polar surface area (TPSA) is 132 Å². The lowest BCUT2D eigenvalue weighted by Crippen LogP contribution is -2.50. The molecule has 1 aliphatic rings. The Hall–Kier alpha value is -4.01. The van der Waals surface area contributed by atoms with Crippen LogP contribution in [0.5, 0.6) is 5.75 Å². The number of nitrogens with zero attached hydrogens (tertiary/aromatic N) is 6. The average molecular weight is 514 g/mol. The molecule has 37 heavy (non-hydrogen) atoms. The summed E-state index contributed by atoms with van der Waals surface area (Å²) in [7, 11) is 1.51. The minimum absolute atomic E-state index is 0.0110. The Morgan fingerprint density at radius 1 is 1.30 bits per heavy atom. The standard InChI is InChI=1S/C25H29F2N7O3/c1-12-14(8-28)7-16(13(2)34-23-18(19(32-34)21(26)27)22(29)30-11-31-23)20(36-6)17(12)15-9-33(10-15)24(35)37-25(3,4)5/h7,11,13,15,21H,9-10H2,1-6H3,(H2,29,30,31). The molecule has 0 radical (unpaired) electrons. The number of alkyl halides is 2. The van der Waals surface area contributed by atoms with E-state index in [4.69, 9.17) is 15.2 Å². The van der Waals surface area contributed by atoms with Gasteiger partial charge >= 0.3 is 6.09 Å². The number of fused-ring (bicyclic) bond motifs is 1. The Kier molecular flexibility index (Phi) is 6.66. The number of ether oxygens (including phenoxy) is 2. The van der Waals surface area contributed by atoms with E-state index >= 15 is 0 Å². The van der Waals surface area contributed by atoms with Crippen LogP contribution in [0.25, 0.3) is 11.0 Å². The van der Waals surface area contributed by atoms with Crippen molar-refractivity contribution in [3.05, 3.63) is 40.3 Å². The molecule has 1 saturated heterocycles. The van der Waals surface area contributed by atoms with Crippen LogP contribution in [0.4, 0.5) is 19.4 Å². The summed E-state index contributed by atoms with van der Waals surface area (Å²) in [6.07, 6.45) is -2.11. The number of aromatic nitrogens is 4. The number of amides is 1. The number of carbonyl (C=O) groups is 1. The maximum Gasteiger partial charge on any atom is 0.410 e. The minimum atomic E-state index is -2.89. The van der Waals surface area contributed by atoms with Crippen molar-refractivity contribution in [2.75, 3.05) is 25.9 Å². The summed E-state index contributed by atoms with van der Waals surface area (Å²) < 4.78 is 40.2. The zero-order chi connectivity index (χ0) is 27.2. The van der Waals surface area contributed by atoms with Gasteiger partial charge in [0.2, 0.25) is 0 Å². The smallest absolute Gasteiger partial charge is 0.410 e. The van der Waals surface area contributed by atoms with E-state index < -0.39 is 29.9 Å². The number of hydrogen-bond acceptors (Lipinski definition) is 8. The van der Waals surface area contributed by atoms with Crippen LogP contribution in [0.15, 0.2) is 12.4 Å². The van der Waals surface area contributed by atoms with E-state index in [0.29, 0.717) is 30.0 Å². The minimum Gasteiger partial charge on any atom is -0.496 e. The van der Waals surface area contributed by atoms with Crippen LogP contribution in [0.1, 0.15) is 74.0 Å². The third-order valence-electron chi connectivity index (χ3n) is 6.45. The predicted octanol–water partition coefficient (Wildman–Crippen LogP) is 4.48. The van der Waals surface area contributed by atoms with E-state index in [1.54, 1.807) is 38.7 Å². The number of likely N-dealkylation sites (tertiary alicyclic amines) is 1. The second-order valence-corrected chi connectivity index (χ2v) is 10.0. The summed E-state index contributed by atoms with van der Waals surface area (Å²) in [6, 6.07) is 3.24. The molecule has 2 N–H and O–H groups in total. The SMILES string of the molecule is COc1c(C(C)n2nc(C(F)F)c3c(N)ncnc32)cc(C#N)c(C)c1C1CN(C(=O)OC(C)(C)C)C1. The first-order valence-corrected chi connectivity index (χ1v) is 11.7. The molecular weight excluding hydrogens is 484 g/mol. The number of hydrogen-bond donors (Lipinski definition) is 1. The van der Waals surface area contributed by atoms with Crippen LogP contribution in [-0.4, -0.2) is 56.5 Å². The molecule has 1 amide bonds. The van der Waals surface area contributed by atoms with Crippen LogP contribution in [0.3, 0.4) is 0 Å². The number of carbonyl (C=O) groups excluding carboxylic acids is 1. The molecule has 1 fully saturated rings. The number of benzene rings is 1. The summed E-state index contributed by atoms with van der Waals surface area (Å²) in [4.78, 5) is 22.1. The molecule has 0 saturated carbocycles. The fraction of sp³-hybridized carbons (Fsp3) is 0.480. The number of nitrogens with two attached hydrogens (primary N) is 1. The predicted molar refractivity (Wildman–Crippen MR) is 131 cm³/mol. The maximum absolute atomic E-state index is 13.8. The van der Waals surface area contributed by atoms with Gasteiger partial charge in [-0.3, -0.25) is 0 Å². The van der Waals surface area contributed by atoms with Gasteiger partial charge < -0.3 is 20.1 Å². The molecule has 1 aromatic carbocycles. The number of nitriles is 1. The Labute approximate surface area is 213 Å². The monoisotopic (exact) mass is 513 g/mol. The van der Waals surface area contributed by atoms with Gasteiger partial charge in [0.05, 0.1) is 30.2 Å². The first-order valence-electron chi connectivity index (χ1n) is 11.7. The lowest BCUT2D eigenvalue weighted by atomic mass is 9.83. The number of rotatable bonds is 5. The van der Waals surface area contributed by atoms with Crippen LogP contribution >= 0.6 is 0 Å². The highest BCUT2D eigenvalue weighted by Crippen LogP contribution is 2.43. The van der Waals surface area contributed by atoms with E-state index in [2.05, 4.69) is 21.1 Å². The molecule has 196 valence electrons. The van der Waals surface area contributed by atoms with Crippen molar-refractivity contribution in [2.45, 2.75) is 58.6 Å². The first kappa shape index (κ1) is 26.1. The molecule has 1 unspecified atom stereocenters. The highest BCUT2D eigenvalue weighted by Gasteiger charge is 2.38. The highest BCUT2D eigenvalue weighted by molar-refractivity contribution is 5.88. The van der Waals surface area contributed by atoms with Crippen molar-refractivity contribution >= 4 is 22.9 Å². The normalized spacial score (nSPS) is 15.0. The second-order valence-electron chi connectivity index (χ2n) is 10.0. The molecule has 0 bridgehead atoms. The van der Waals surface area contributed by atoms with E-state index in [9.17, 15) is 18.8 Å². The Morgan fingerprint density at radius 2 is 1.97 bits per heavy atom. The van der Waals surface area contributed by atoms with Gasteiger partial charge in [-0.25, -0.2) is 28.2 Å². The highest BCUT2D eigenvalue weighted by atomic mass is 19.3. The summed E-state index contributed by atoms with van der Waals surface area (Å²) in [5.41, 5.74) is 7.39. The van der Waals surface area contributed by atoms with E-state index in [1.807, 2.05) is 6.92 Å². The van der Waals surface area contributed by atoms with Gasteiger partial charge in [0, 0.05) is 30.1 Å². The van der Waals surface area contributed by atoms with E-state index in [-0.39, 0.29) is 22.8 Å². The molecule has 0 spiro atoms. The number of anilines is 1. The molecule has 10 nitrogen and oxygen atoms in total. The lowest BCUT2D eigenvalue weighted by molar-refractivity contribution is 0.00792. The maximum atomic E-state index is 13.8. The summed E-state index contributed by atoms with van der Waals surface area (Å²) >= 11 is 0. The molecule has 12 heteroatoms. The quantitative estimate of drug-likeness (QED) is 0.528. The molecular formula is C25H29F2N7O3. The van der Waals surface area contributed by atoms with Gasteiger partial charge in [-0.05, 0) is 46.2 Å². The zero-order valence-electron chi connectivity index (χ0n) is 21.5. The average Bonchev–Trinajstić information content (AvgIpc) is 3.18. The molecule has 3 heterocycles. The van der Waals surface area contributed by atoms with E-state index in [1.165, 1.54) is 18.1 Å². The van der Waals surface area contributed by atoms with Gasteiger partial charge in [0.1, 0.15) is 29.2 Å². The van der Waals surface area contributed by atoms with Gasteiger partial charge in [-0.2, -0.15) is 10.4 Å². The van der Waals surface area contributed by atoms with Gasteiger partial charge in [0.25, 0.3) is 6.43 Å². The van der Waals surface area contributed by atoms with Crippen molar-refractivity contribution in [2.24, 2.45) is 0 Å². The summed E-state index contributed by atoms with van der Waals surface area (Å²) in [5.74, 6) is 0.303. The van der Waals surface area contributed by atoms with E-state index in [0.717, 1.165) is 11.1 Å². The Bertz CT molecular complexity index is 1400. The van der Waals surface area contributed by atoms with Crippen molar-refractivity contribution in [1.29, 1.82) is 5.26 Å². The second kappa shape index (κ2) is 9.46. The van der Waals surface area contributed by atoms with Crippen LogP contribution in [-0.2, 0) is 4.74 Å². The van der Waals surface area contributed by atoms with Crippen molar-refractivity contribution in [3.63, 3.8) is 0 Å². The molecule has 1 aliphatic heterocycles. The Morgan fingerprint density at radius 3 is 2.54 bits per heavy atom. The van der Waals surface area contributed by atoms with Crippen LogP contribution in [0.2, 0.25) is 0 Å². The number of halogens is 2. The van der Waals surface area contributed by atoms with Gasteiger partial charge in [0.15, 0.2) is 5.65 Å². The lowest BCUT2D eigenvalue weighted by Gasteiger charge is -2.41. The number of nitrogen functional groups attached to an aromatic ring is 1. The largest absolute Gasteiger partial charge is 0.496 e. The van der Waals surface area contributed by atoms with Crippen molar-refractivity contribution in [3.8, 4) is 11.8 Å². The molecule has 1 atom stereocenters. The zero-order valence-corrected chi connectivity index (χ0v) is 21.5. The first-order chi connectivity index (χ1) is 17.4.